The molecular formula is C28H26FNO4. The third-order valence-electron chi connectivity index (χ3n) is 5.60. The Kier molecular flexibility index (Phi) is 7.50. The van der Waals surface area contributed by atoms with Gasteiger partial charge in [-0.05, 0) is 42.3 Å². The number of carbonyl (C=O) groups is 2. The van der Waals surface area contributed by atoms with Gasteiger partial charge in [0.25, 0.3) is 5.91 Å². The summed E-state index contributed by atoms with van der Waals surface area (Å²) in [5.74, 6) is -0.569. The largest absolute Gasteiger partial charge is 0.490 e. The number of ketones is 1. The van der Waals surface area contributed by atoms with E-state index in [4.69, 9.17) is 9.47 Å². The highest BCUT2D eigenvalue weighted by Crippen LogP contribution is 2.24. The van der Waals surface area contributed by atoms with Crippen LogP contribution in [0, 0.1) is 5.82 Å². The first kappa shape index (κ1) is 23.4. The Morgan fingerprint density at radius 3 is 2.47 bits per heavy atom. The molecule has 0 N–H and O–H groups in total. The second-order valence-electron chi connectivity index (χ2n) is 8.09. The third kappa shape index (κ3) is 5.77. The van der Waals surface area contributed by atoms with Gasteiger partial charge in [0, 0.05) is 12.1 Å². The molecule has 1 atom stereocenters. The molecule has 0 bridgehead atoms. The van der Waals surface area contributed by atoms with Crippen LogP contribution in [-0.2, 0) is 9.53 Å². The SMILES string of the molecule is CC(=O)c1cc(F)ccc1OCC1CN(C(=O)/C(=C/c2ccccc2)c2ccccc2)CCO1. The van der Waals surface area contributed by atoms with E-state index in [1.54, 1.807) is 4.90 Å². The summed E-state index contributed by atoms with van der Waals surface area (Å²) < 4.78 is 25.1. The number of carbonyl (C=O) groups excluding carboxylic acids is 2. The van der Waals surface area contributed by atoms with Crippen LogP contribution in [0.4, 0.5) is 4.39 Å². The van der Waals surface area contributed by atoms with Gasteiger partial charge in [-0.25, -0.2) is 4.39 Å². The van der Waals surface area contributed by atoms with Crippen LogP contribution < -0.4 is 4.74 Å². The van der Waals surface area contributed by atoms with Crippen molar-refractivity contribution in [1.29, 1.82) is 0 Å². The van der Waals surface area contributed by atoms with Gasteiger partial charge in [0.2, 0.25) is 0 Å². The number of rotatable bonds is 7. The summed E-state index contributed by atoms with van der Waals surface area (Å²) in [5, 5.41) is 0. The van der Waals surface area contributed by atoms with Gasteiger partial charge in [-0.3, -0.25) is 9.59 Å². The highest BCUT2D eigenvalue weighted by atomic mass is 19.1. The van der Waals surface area contributed by atoms with E-state index in [0.717, 1.165) is 17.2 Å². The number of hydrogen-bond donors (Lipinski definition) is 0. The molecule has 0 spiro atoms. The summed E-state index contributed by atoms with van der Waals surface area (Å²) in [5.41, 5.74) is 2.57. The molecule has 0 radical (unpaired) electrons. The van der Waals surface area contributed by atoms with Gasteiger partial charge in [0.05, 0.1) is 18.7 Å². The van der Waals surface area contributed by atoms with Gasteiger partial charge >= 0.3 is 0 Å². The van der Waals surface area contributed by atoms with E-state index in [2.05, 4.69) is 0 Å². The van der Waals surface area contributed by atoms with Gasteiger partial charge < -0.3 is 14.4 Å². The van der Waals surface area contributed by atoms with Crippen LogP contribution in [0.5, 0.6) is 5.75 Å². The molecule has 1 unspecified atom stereocenters. The zero-order valence-electron chi connectivity index (χ0n) is 18.9. The second kappa shape index (κ2) is 10.9. The lowest BCUT2D eigenvalue weighted by molar-refractivity contribution is -0.133. The van der Waals surface area contributed by atoms with E-state index in [0.29, 0.717) is 31.0 Å². The van der Waals surface area contributed by atoms with Crippen LogP contribution in [0.15, 0.2) is 78.9 Å². The van der Waals surface area contributed by atoms with Crippen LogP contribution in [-0.4, -0.2) is 49.0 Å². The second-order valence-corrected chi connectivity index (χ2v) is 8.09. The summed E-state index contributed by atoms with van der Waals surface area (Å²) in [4.78, 5) is 27.2. The number of ether oxygens (including phenoxy) is 2. The van der Waals surface area contributed by atoms with E-state index < -0.39 is 5.82 Å². The molecule has 174 valence electrons. The number of morpholine rings is 1. The third-order valence-corrected chi connectivity index (χ3v) is 5.60. The minimum absolute atomic E-state index is 0.0884. The minimum Gasteiger partial charge on any atom is -0.490 e. The summed E-state index contributed by atoms with van der Waals surface area (Å²) in [6, 6.07) is 23.2. The van der Waals surface area contributed by atoms with Crippen LogP contribution in [0.25, 0.3) is 11.6 Å². The van der Waals surface area contributed by atoms with Crippen LogP contribution in [0.3, 0.4) is 0 Å². The Labute approximate surface area is 198 Å². The summed E-state index contributed by atoms with van der Waals surface area (Å²) in [7, 11) is 0. The van der Waals surface area contributed by atoms with Gasteiger partial charge in [0.15, 0.2) is 5.78 Å². The number of nitrogens with zero attached hydrogens (tertiary/aromatic N) is 1. The molecule has 0 aromatic heterocycles. The van der Waals surface area contributed by atoms with E-state index in [9.17, 15) is 14.0 Å². The molecule has 1 fully saturated rings. The smallest absolute Gasteiger partial charge is 0.254 e. The number of Topliss-reactive ketones (excluding diaryl/α,β-unsaturated/α-hetero) is 1. The molecule has 3 aromatic rings. The molecule has 4 rings (SSSR count). The maximum absolute atomic E-state index is 13.6. The first-order chi connectivity index (χ1) is 16.5. The number of amides is 1. The van der Waals surface area contributed by atoms with Crippen molar-refractivity contribution in [3.8, 4) is 5.75 Å². The van der Waals surface area contributed by atoms with Crippen molar-refractivity contribution in [3.05, 3.63) is 101 Å². The predicted molar refractivity (Wildman–Crippen MR) is 129 cm³/mol. The van der Waals surface area contributed by atoms with Crippen LogP contribution >= 0.6 is 0 Å². The molecule has 6 heteroatoms. The molecule has 34 heavy (non-hydrogen) atoms. The Bertz CT molecular complexity index is 1180. The molecular weight excluding hydrogens is 433 g/mol. The van der Waals surface area contributed by atoms with Gasteiger partial charge in [-0.1, -0.05) is 60.7 Å². The number of hydrogen-bond acceptors (Lipinski definition) is 4. The molecule has 1 heterocycles. The fourth-order valence-electron chi connectivity index (χ4n) is 3.86. The van der Waals surface area contributed by atoms with Crippen molar-refractivity contribution in [2.45, 2.75) is 13.0 Å². The lowest BCUT2D eigenvalue weighted by Gasteiger charge is -2.33. The Morgan fingerprint density at radius 1 is 1.06 bits per heavy atom. The van der Waals surface area contributed by atoms with Crippen molar-refractivity contribution < 1.29 is 23.5 Å². The standard InChI is InChI=1S/C28H26FNO4/c1-20(31)25-17-23(29)12-13-27(25)34-19-24-18-30(14-15-33-24)28(32)26(22-10-6-3-7-11-22)16-21-8-4-2-5-9-21/h2-13,16-17,24H,14-15,18-19H2,1H3/b26-16+. The van der Waals surface area contributed by atoms with E-state index >= 15 is 0 Å². The lowest BCUT2D eigenvalue weighted by Crippen LogP contribution is -2.47. The molecule has 0 aliphatic carbocycles. The zero-order chi connectivity index (χ0) is 23.9. The maximum atomic E-state index is 13.6. The van der Waals surface area contributed by atoms with Crippen molar-refractivity contribution in [2.75, 3.05) is 26.3 Å². The minimum atomic E-state index is -0.498. The van der Waals surface area contributed by atoms with Crippen LogP contribution in [0.2, 0.25) is 0 Å². The fraction of sp³-hybridized carbons (Fsp3) is 0.214. The Morgan fingerprint density at radius 2 is 1.76 bits per heavy atom. The highest BCUT2D eigenvalue weighted by Gasteiger charge is 2.27. The first-order valence-electron chi connectivity index (χ1n) is 11.2. The number of halogens is 1. The highest BCUT2D eigenvalue weighted by molar-refractivity contribution is 6.24. The van der Waals surface area contributed by atoms with E-state index in [1.807, 2.05) is 66.7 Å². The Balaban J connectivity index is 1.50. The monoisotopic (exact) mass is 459 g/mol. The molecule has 5 nitrogen and oxygen atoms in total. The zero-order valence-corrected chi connectivity index (χ0v) is 18.9. The summed E-state index contributed by atoms with van der Waals surface area (Å²) in [6.45, 7) is 2.68. The quantitative estimate of drug-likeness (QED) is 0.287. The lowest BCUT2D eigenvalue weighted by atomic mass is 10.0. The van der Waals surface area contributed by atoms with Crippen molar-refractivity contribution >= 4 is 23.3 Å². The van der Waals surface area contributed by atoms with Crippen molar-refractivity contribution in [3.63, 3.8) is 0 Å². The molecule has 1 aliphatic heterocycles. The van der Waals surface area contributed by atoms with Crippen molar-refractivity contribution in [1.82, 2.24) is 4.90 Å². The van der Waals surface area contributed by atoms with Gasteiger partial charge in [0.1, 0.15) is 24.3 Å². The predicted octanol–water partition coefficient (Wildman–Crippen LogP) is 4.88. The fourth-order valence-corrected chi connectivity index (χ4v) is 3.86. The summed E-state index contributed by atoms with van der Waals surface area (Å²) >= 11 is 0. The molecule has 3 aromatic carbocycles. The molecule has 1 amide bonds. The maximum Gasteiger partial charge on any atom is 0.254 e. The molecule has 0 saturated carbocycles. The normalized spacial score (nSPS) is 16.2. The van der Waals surface area contributed by atoms with E-state index in [-0.39, 0.29) is 30.0 Å². The van der Waals surface area contributed by atoms with Gasteiger partial charge in [-0.2, -0.15) is 0 Å². The molecule has 1 saturated heterocycles. The average Bonchev–Trinajstić information content (AvgIpc) is 2.87. The molecule has 1 aliphatic rings. The first-order valence-corrected chi connectivity index (χ1v) is 11.2. The topological polar surface area (TPSA) is 55.8 Å². The number of benzene rings is 3. The van der Waals surface area contributed by atoms with Gasteiger partial charge in [-0.15, -0.1) is 0 Å². The van der Waals surface area contributed by atoms with Crippen LogP contribution in [0.1, 0.15) is 28.4 Å². The average molecular weight is 460 g/mol. The Hall–Kier alpha value is -3.77. The van der Waals surface area contributed by atoms with Crippen molar-refractivity contribution in [2.24, 2.45) is 0 Å². The summed E-state index contributed by atoms with van der Waals surface area (Å²) in [6.07, 6.45) is 1.52. The van der Waals surface area contributed by atoms with E-state index in [1.165, 1.54) is 19.1 Å².